The molecule has 11 heteroatoms. The Bertz CT molecular complexity index is 1370. The van der Waals surface area contributed by atoms with E-state index >= 15 is 0 Å². The molecule has 39 heavy (non-hydrogen) atoms. The van der Waals surface area contributed by atoms with Crippen LogP contribution >= 0.6 is 0 Å². The second-order valence-corrected chi connectivity index (χ2v) is 9.65. The van der Waals surface area contributed by atoms with Gasteiger partial charge in [-0.1, -0.05) is 12.1 Å². The number of fused-ring (bicyclic) bond motifs is 1. The van der Waals surface area contributed by atoms with E-state index in [4.69, 9.17) is 9.47 Å². The van der Waals surface area contributed by atoms with Gasteiger partial charge >= 0.3 is 0 Å². The molecular weight excluding hydrogens is 506 g/mol. The van der Waals surface area contributed by atoms with E-state index in [-0.39, 0.29) is 19.2 Å². The van der Waals surface area contributed by atoms with Crippen molar-refractivity contribution in [3.05, 3.63) is 77.9 Å². The quantitative estimate of drug-likeness (QED) is 0.263. The smallest absolute Gasteiger partial charge is 0.167 e. The fraction of sp³-hybridized carbons (Fsp3) is 0.393. The number of benzene rings is 2. The van der Waals surface area contributed by atoms with Gasteiger partial charge in [-0.3, -0.25) is 4.57 Å². The Hall–Kier alpha value is -3.67. The predicted octanol–water partition coefficient (Wildman–Crippen LogP) is 3.99. The van der Waals surface area contributed by atoms with Gasteiger partial charge in [0, 0.05) is 25.8 Å². The summed E-state index contributed by atoms with van der Waals surface area (Å²) in [5, 5.41) is 17.7. The van der Waals surface area contributed by atoms with Gasteiger partial charge in [0.2, 0.25) is 0 Å². The molecular formula is C28H32F2N6O3. The first kappa shape index (κ1) is 26.9. The minimum Gasteiger partial charge on any atom is -0.497 e. The second-order valence-electron chi connectivity index (χ2n) is 9.65. The second kappa shape index (κ2) is 12.5. The molecule has 0 saturated carbocycles. The van der Waals surface area contributed by atoms with Gasteiger partial charge in [0.1, 0.15) is 29.9 Å². The normalized spacial score (nSPS) is 17.2. The molecule has 5 rings (SSSR count). The molecule has 1 aliphatic rings. The minimum atomic E-state index is -0.935. The highest BCUT2D eigenvalue weighted by molar-refractivity contribution is 5.82. The summed E-state index contributed by atoms with van der Waals surface area (Å²) in [5.74, 6) is -0.188. The molecule has 3 heterocycles. The van der Waals surface area contributed by atoms with Crippen LogP contribution in [-0.4, -0.2) is 57.0 Å². The Balaban J connectivity index is 1.35. The summed E-state index contributed by atoms with van der Waals surface area (Å²) in [6, 6.07) is 10.3. The third kappa shape index (κ3) is 6.67. The average molecular weight is 539 g/mol. The number of aliphatic hydroxyl groups excluding tert-OH is 1. The van der Waals surface area contributed by atoms with Gasteiger partial charge in [-0.15, -0.1) is 0 Å². The van der Waals surface area contributed by atoms with Gasteiger partial charge in [-0.25, -0.2) is 23.7 Å². The van der Waals surface area contributed by atoms with Crippen molar-refractivity contribution in [1.82, 2.24) is 24.8 Å². The van der Waals surface area contributed by atoms with Crippen molar-refractivity contribution < 1.29 is 23.4 Å². The number of imidazole rings is 1. The molecule has 0 radical (unpaired) electrons. The Kier molecular flexibility index (Phi) is 8.60. The molecule has 1 fully saturated rings. The summed E-state index contributed by atoms with van der Waals surface area (Å²) < 4.78 is 41.0. The van der Waals surface area contributed by atoms with Crippen LogP contribution in [0.15, 0.2) is 55.1 Å². The van der Waals surface area contributed by atoms with Gasteiger partial charge in [-0.2, -0.15) is 0 Å². The molecule has 206 valence electrons. The van der Waals surface area contributed by atoms with Crippen molar-refractivity contribution in [2.45, 2.75) is 50.6 Å². The molecule has 3 unspecified atom stereocenters. The van der Waals surface area contributed by atoms with Crippen molar-refractivity contribution in [2.75, 3.05) is 25.6 Å². The third-order valence-corrected chi connectivity index (χ3v) is 6.81. The summed E-state index contributed by atoms with van der Waals surface area (Å²) in [6.45, 7) is 1.39. The number of ether oxygens (including phenoxy) is 2. The largest absolute Gasteiger partial charge is 0.497 e. The fourth-order valence-corrected chi connectivity index (χ4v) is 4.84. The molecule has 2 aromatic heterocycles. The molecule has 1 aliphatic heterocycles. The molecule has 3 atom stereocenters. The number of aromatic nitrogens is 4. The SMILES string of the molecule is COc1cccc(CNCC(O)C(Cc2cc(F)cc(F)c2)Nc2ncnc3c2ncn3C2CCCCO2)c1. The van der Waals surface area contributed by atoms with E-state index in [0.29, 0.717) is 35.7 Å². The zero-order chi connectivity index (χ0) is 27.2. The van der Waals surface area contributed by atoms with Crippen molar-refractivity contribution >= 4 is 17.0 Å². The van der Waals surface area contributed by atoms with Crippen LogP contribution in [0.5, 0.6) is 5.75 Å². The maximum atomic E-state index is 14.0. The van der Waals surface area contributed by atoms with E-state index in [1.54, 1.807) is 13.4 Å². The number of nitrogens with one attached hydrogen (secondary N) is 2. The lowest BCUT2D eigenvalue weighted by Crippen LogP contribution is -2.42. The Morgan fingerprint density at radius 2 is 1.95 bits per heavy atom. The monoisotopic (exact) mass is 538 g/mol. The number of methoxy groups -OCH3 is 1. The summed E-state index contributed by atoms with van der Waals surface area (Å²) in [4.78, 5) is 13.3. The highest BCUT2D eigenvalue weighted by atomic mass is 19.1. The Morgan fingerprint density at radius 1 is 1.10 bits per heavy atom. The number of aliphatic hydroxyl groups is 1. The topological polar surface area (TPSA) is 106 Å². The molecule has 3 N–H and O–H groups in total. The van der Waals surface area contributed by atoms with E-state index < -0.39 is 23.8 Å². The van der Waals surface area contributed by atoms with Crippen LogP contribution in [0, 0.1) is 11.6 Å². The first-order valence-electron chi connectivity index (χ1n) is 13.0. The molecule has 1 saturated heterocycles. The third-order valence-electron chi connectivity index (χ3n) is 6.81. The van der Waals surface area contributed by atoms with Crippen LogP contribution in [0.25, 0.3) is 11.2 Å². The van der Waals surface area contributed by atoms with E-state index in [2.05, 4.69) is 25.6 Å². The summed E-state index contributed by atoms with van der Waals surface area (Å²) >= 11 is 0. The van der Waals surface area contributed by atoms with Crippen LogP contribution in [0.4, 0.5) is 14.6 Å². The number of nitrogens with zero attached hydrogens (tertiary/aromatic N) is 4. The number of rotatable bonds is 11. The molecule has 2 aromatic carbocycles. The zero-order valence-electron chi connectivity index (χ0n) is 21.7. The molecule has 0 aliphatic carbocycles. The standard InChI is InChI=1S/C28H32F2N6O3/c1-38-22-6-4-5-18(11-22)14-31-15-24(37)23(12-19-9-20(29)13-21(30)10-19)35-27-26-28(33-16-32-27)36(17-34-26)25-7-2-3-8-39-25/h4-6,9-11,13,16-17,23-25,31,37H,2-3,7-8,12,14-15H2,1H3,(H,32,33,35). The van der Waals surface area contributed by atoms with Crippen LogP contribution in [0.2, 0.25) is 0 Å². The predicted molar refractivity (Wildman–Crippen MR) is 142 cm³/mol. The molecule has 4 aromatic rings. The number of hydrogen-bond donors (Lipinski definition) is 3. The number of anilines is 1. The van der Waals surface area contributed by atoms with Crippen LogP contribution in [0.1, 0.15) is 36.6 Å². The maximum absolute atomic E-state index is 14.0. The fourth-order valence-electron chi connectivity index (χ4n) is 4.84. The maximum Gasteiger partial charge on any atom is 0.167 e. The van der Waals surface area contributed by atoms with E-state index in [1.807, 2.05) is 28.8 Å². The number of hydrogen-bond acceptors (Lipinski definition) is 8. The van der Waals surface area contributed by atoms with Crippen LogP contribution < -0.4 is 15.4 Å². The minimum absolute atomic E-state index is 0.147. The molecule has 9 nitrogen and oxygen atoms in total. The average Bonchev–Trinajstić information content (AvgIpc) is 3.38. The summed E-state index contributed by atoms with van der Waals surface area (Å²) in [6.07, 6.45) is 5.12. The van der Waals surface area contributed by atoms with Gasteiger partial charge in [-0.05, 0) is 61.1 Å². The zero-order valence-corrected chi connectivity index (χ0v) is 21.7. The Labute approximate surface area is 225 Å². The first-order valence-corrected chi connectivity index (χ1v) is 13.0. The summed E-state index contributed by atoms with van der Waals surface area (Å²) in [7, 11) is 1.61. The first-order chi connectivity index (χ1) is 19.0. The van der Waals surface area contributed by atoms with Gasteiger partial charge in [0.15, 0.2) is 17.0 Å². The Morgan fingerprint density at radius 3 is 2.72 bits per heavy atom. The lowest BCUT2D eigenvalue weighted by atomic mass is 10.0. The van der Waals surface area contributed by atoms with Crippen molar-refractivity contribution in [1.29, 1.82) is 0 Å². The van der Waals surface area contributed by atoms with Gasteiger partial charge < -0.3 is 25.2 Å². The van der Waals surface area contributed by atoms with E-state index in [9.17, 15) is 13.9 Å². The van der Waals surface area contributed by atoms with Crippen LogP contribution in [-0.2, 0) is 17.7 Å². The lowest BCUT2D eigenvalue weighted by molar-refractivity contribution is -0.0298. The summed E-state index contributed by atoms with van der Waals surface area (Å²) in [5.41, 5.74) is 2.54. The van der Waals surface area contributed by atoms with Gasteiger partial charge in [0.05, 0.1) is 25.6 Å². The molecule has 0 spiro atoms. The molecule has 0 bridgehead atoms. The van der Waals surface area contributed by atoms with Crippen molar-refractivity contribution in [3.8, 4) is 5.75 Å². The highest BCUT2D eigenvalue weighted by Gasteiger charge is 2.24. The molecule has 0 amide bonds. The van der Waals surface area contributed by atoms with Crippen molar-refractivity contribution in [2.24, 2.45) is 0 Å². The van der Waals surface area contributed by atoms with Crippen molar-refractivity contribution in [3.63, 3.8) is 0 Å². The van der Waals surface area contributed by atoms with Gasteiger partial charge in [0.25, 0.3) is 0 Å². The highest BCUT2D eigenvalue weighted by Crippen LogP contribution is 2.28. The van der Waals surface area contributed by atoms with E-state index in [0.717, 1.165) is 36.6 Å². The van der Waals surface area contributed by atoms with Crippen LogP contribution in [0.3, 0.4) is 0 Å². The lowest BCUT2D eigenvalue weighted by Gasteiger charge is -2.26. The number of halogens is 2. The van der Waals surface area contributed by atoms with E-state index in [1.165, 1.54) is 18.5 Å².